The van der Waals surface area contributed by atoms with Crippen LogP contribution in [-0.2, 0) is 0 Å². The van der Waals surface area contributed by atoms with Crippen molar-refractivity contribution in [3.05, 3.63) is 218 Å². The van der Waals surface area contributed by atoms with Gasteiger partial charge in [-0.2, -0.15) is 0 Å². The minimum Gasteiger partial charge on any atom is -0.456 e. The van der Waals surface area contributed by atoms with Crippen LogP contribution in [0.2, 0.25) is 0 Å². The molecule has 4 aromatic heterocycles. The number of rotatable bonds is 5. The predicted molar refractivity (Wildman–Crippen MR) is 272 cm³/mol. The number of hydrogen-bond donors (Lipinski definition) is 0. The second kappa shape index (κ2) is 13.7. The monoisotopic (exact) mass is 832 g/mol. The first-order chi connectivity index (χ1) is 31.7. The Hall–Kier alpha value is -8.18. The van der Waals surface area contributed by atoms with Crippen LogP contribution in [-0.4, -0.2) is 9.13 Å². The highest BCUT2D eigenvalue weighted by Crippen LogP contribution is 2.46. The van der Waals surface area contributed by atoms with Crippen molar-refractivity contribution in [3.63, 3.8) is 0 Å². The van der Waals surface area contributed by atoms with Crippen molar-refractivity contribution in [1.82, 2.24) is 9.13 Å². The van der Waals surface area contributed by atoms with Crippen molar-refractivity contribution in [3.8, 4) is 44.8 Å². The van der Waals surface area contributed by atoms with E-state index >= 15 is 0 Å². The zero-order valence-corrected chi connectivity index (χ0v) is 35.3. The molecule has 0 atom stereocenters. The molecular weight excluding hydrogens is 797 g/mol. The number of fused-ring (bicyclic) bond motifs is 12. The van der Waals surface area contributed by atoms with Crippen LogP contribution in [0.1, 0.15) is 0 Å². The van der Waals surface area contributed by atoms with Gasteiger partial charge in [-0.1, -0.05) is 140 Å². The van der Waals surface area contributed by atoms with E-state index < -0.39 is 0 Å². The van der Waals surface area contributed by atoms with Crippen LogP contribution in [0, 0.1) is 0 Å². The smallest absolute Gasteiger partial charge is 0.135 e. The van der Waals surface area contributed by atoms with E-state index in [0.29, 0.717) is 0 Å². The van der Waals surface area contributed by atoms with Crippen LogP contribution < -0.4 is 0 Å². The van der Waals surface area contributed by atoms with Crippen molar-refractivity contribution in [2.24, 2.45) is 0 Å². The lowest BCUT2D eigenvalue weighted by Crippen LogP contribution is -1.96. The zero-order chi connectivity index (χ0) is 41.9. The molecule has 4 heterocycles. The van der Waals surface area contributed by atoms with Gasteiger partial charge in [0.25, 0.3) is 0 Å². The normalized spacial score (nSPS) is 12.1. The molecule has 64 heavy (non-hydrogen) atoms. The van der Waals surface area contributed by atoms with Crippen molar-refractivity contribution < 1.29 is 4.42 Å². The molecule has 3 nitrogen and oxygen atoms in total. The summed E-state index contributed by atoms with van der Waals surface area (Å²) in [5.41, 5.74) is 15.9. The van der Waals surface area contributed by atoms with Gasteiger partial charge < -0.3 is 13.6 Å². The standard InChI is InChI=1S/C60H36N2OS/c1-3-13-37(14-4-1)39-25-29-52-48(33-39)47-21-11-20-46(60(47)62(52)42-27-31-56-49(35-42)43-17-7-9-23-55(43)63-56)45-19-12-22-54-59(45)51-34-40(38-15-5-2-6-16-38)26-30-53(51)61(54)41-28-32-58-50(36-41)44-18-8-10-24-57(44)64-58/h1-36H. The van der Waals surface area contributed by atoms with Crippen LogP contribution in [0.4, 0.5) is 0 Å². The molecule has 0 spiro atoms. The first-order valence-corrected chi connectivity index (χ1v) is 22.6. The molecule has 0 aliphatic carbocycles. The maximum Gasteiger partial charge on any atom is 0.135 e. The summed E-state index contributed by atoms with van der Waals surface area (Å²) >= 11 is 1.86. The topological polar surface area (TPSA) is 23.0 Å². The van der Waals surface area contributed by atoms with Gasteiger partial charge >= 0.3 is 0 Å². The number of aromatic nitrogens is 2. The average molecular weight is 833 g/mol. The van der Waals surface area contributed by atoms with E-state index in [1.807, 2.05) is 17.4 Å². The molecule has 0 radical (unpaired) electrons. The fraction of sp³-hybridized carbons (Fsp3) is 0. The van der Waals surface area contributed by atoms with E-state index in [9.17, 15) is 0 Å². The molecule has 0 aliphatic rings. The molecule has 0 amide bonds. The lowest BCUT2D eigenvalue weighted by molar-refractivity contribution is 0.669. The quantitative estimate of drug-likeness (QED) is 0.169. The summed E-state index contributed by atoms with van der Waals surface area (Å²) in [7, 11) is 0. The van der Waals surface area contributed by atoms with Crippen molar-refractivity contribution in [1.29, 1.82) is 0 Å². The minimum absolute atomic E-state index is 0.887. The molecule has 0 N–H and O–H groups in total. The highest BCUT2D eigenvalue weighted by Gasteiger charge is 2.23. The maximum absolute atomic E-state index is 6.36. The van der Waals surface area contributed by atoms with Gasteiger partial charge in [0, 0.05) is 69.4 Å². The Balaban J connectivity index is 1.09. The molecule has 10 aromatic carbocycles. The van der Waals surface area contributed by atoms with E-state index in [2.05, 4.69) is 221 Å². The molecule has 14 rings (SSSR count). The predicted octanol–water partition coefficient (Wildman–Crippen LogP) is 17.1. The third kappa shape index (κ3) is 5.21. The summed E-state index contributed by atoms with van der Waals surface area (Å²) < 4.78 is 13.9. The average Bonchev–Trinajstić information content (AvgIpc) is 4.11. The fourth-order valence-electron chi connectivity index (χ4n) is 10.5. The minimum atomic E-state index is 0.887. The second-order valence-corrected chi connectivity index (χ2v) is 17.9. The van der Waals surface area contributed by atoms with E-state index in [-0.39, 0.29) is 0 Å². The van der Waals surface area contributed by atoms with Gasteiger partial charge in [0.2, 0.25) is 0 Å². The lowest BCUT2D eigenvalue weighted by Gasteiger charge is -2.13. The zero-order valence-electron chi connectivity index (χ0n) is 34.5. The molecule has 0 bridgehead atoms. The maximum atomic E-state index is 6.36. The van der Waals surface area contributed by atoms with Crippen LogP contribution >= 0.6 is 11.3 Å². The molecule has 0 aliphatic heterocycles. The van der Waals surface area contributed by atoms with E-state index in [0.717, 1.165) is 38.8 Å². The van der Waals surface area contributed by atoms with E-state index in [1.165, 1.54) is 91.6 Å². The molecule has 0 unspecified atom stereocenters. The number of para-hydroxylation sites is 2. The second-order valence-electron chi connectivity index (χ2n) is 16.8. The highest BCUT2D eigenvalue weighted by atomic mass is 32.1. The van der Waals surface area contributed by atoms with E-state index in [4.69, 9.17) is 4.42 Å². The Morgan fingerprint density at radius 3 is 1.72 bits per heavy atom. The van der Waals surface area contributed by atoms with Crippen molar-refractivity contribution in [2.75, 3.05) is 0 Å². The Morgan fingerprint density at radius 2 is 0.906 bits per heavy atom. The third-order valence-corrected chi connectivity index (χ3v) is 14.5. The molecule has 14 aromatic rings. The molecule has 0 fully saturated rings. The summed E-state index contributed by atoms with van der Waals surface area (Å²) in [6.45, 7) is 0. The van der Waals surface area contributed by atoms with E-state index in [1.54, 1.807) is 0 Å². The van der Waals surface area contributed by atoms with Crippen molar-refractivity contribution in [2.45, 2.75) is 0 Å². The van der Waals surface area contributed by atoms with Gasteiger partial charge in [-0.3, -0.25) is 0 Å². The van der Waals surface area contributed by atoms with Crippen LogP contribution in [0.3, 0.4) is 0 Å². The first kappa shape index (κ1) is 35.4. The Labute approximate surface area is 371 Å². The summed E-state index contributed by atoms with van der Waals surface area (Å²) in [5, 5.41) is 9.69. The van der Waals surface area contributed by atoms with Crippen LogP contribution in [0.15, 0.2) is 223 Å². The largest absolute Gasteiger partial charge is 0.456 e. The fourth-order valence-corrected chi connectivity index (χ4v) is 11.5. The number of hydrogen-bond acceptors (Lipinski definition) is 2. The Kier molecular flexibility index (Phi) is 7.56. The summed E-state index contributed by atoms with van der Waals surface area (Å²) in [4.78, 5) is 0. The summed E-state index contributed by atoms with van der Waals surface area (Å²) in [6, 6.07) is 80.0. The molecule has 0 saturated carbocycles. The van der Waals surface area contributed by atoms with Gasteiger partial charge in [-0.25, -0.2) is 0 Å². The number of benzene rings is 10. The van der Waals surface area contributed by atoms with Crippen molar-refractivity contribution >= 4 is 97.1 Å². The number of furan rings is 1. The van der Waals surface area contributed by atoms with Gasteiger partial charge in [0.05, 0.1) is 22.1 Å². The van der Waals surface area contributed by atoms with Crippen LogP contribution in [0.25, 0.3) is 130 Å². The van der Waals surface area contributed by atoms with Gasteiger partial charge in [-0.15, -0.1) is 11.3 Å². The highest BCUT2D eigenvalue weighted by molar-refractivity contribution is 7.25. The molecule has 298 valence electrons. The summed E-state index contributed by atoms with van der Waals surface area (Å²) in [5.74, 6) is 0. The Morgan fingerprint density at radius 1 is 0.312 bits per heavy atom. The molecule has 0 saturated heterocycles. The van der Waals surface area contributed by atoms with Crippen LogP contribution in [0.5, 0.6) is 0 Å². The number of thiophene rings is 1. The third-order valence-electron chi connectivity index (χ3n) is 13.3. The number of nitrogens with zero attached hydrogens (tertiary/aromatic N) is 2. The Bertz CT molecular complexity index is 4190. The van der Waals surface area contributed by atoms with Gasteiger partial charge in [0.1, 0.15) is 11.2 Å². The molecule has 4 heteroatoms. The molecular formula is C60H36N2OS. The van der Waals surface area contributed by atoms with Gasteiger partial charge in [-0.05, 0) is 107 Å². The SMILES string of the molecule is c1ccc(-c2ccc3c(c2)c2c(-c4cccc5c6cc(-c7ccccc7)ccc6n(-c6ccc7oc8ccccc8c7c6)c45)cccc2n3-c2ccc3sc4ccccc4c3c2)cc1. The lowest BCUT2D eigenvalue weighted by atomic mass is 9.95. The van der Waals surface area contributed by atoms with Gasteiger partial charge in [0.15, 0.2) is 0 Å². The first-order valence-electron chi connectivity index (χ1n) is 21.8. The summed E-state index contributed by atoms with van der Waals surface area (Å²) in [6.07, 6.45) is 0.